The Bertz CT molecular complexity index is 1450. The summed E-state index contributed by atoms with van der Waals surface area (Å²) < 4.78 is 30.1. The fourth-order valence-corrected chi connectivity index (χ4v) is 5.31. The number of nitrogens with zero attached hydrogens (tertiary/aromatic N) is 4. The Hall–Kier alpha value is -3.43. The number of hydrogen-bond acceptors (Lipinski definition) is 6. The number of hydrogen-bond donors (Lipinski definition) is 2. The quantitative estimate of drug-likeness (QED) is 0.474. The molecule has 0 aliphatic heterocycles. The summed E-state index contributed by atoms with van der Waals surface area (Å²) in [5.74, 6) is 0.185. The first-order valence-corrected chi connectivity index (χ1v) is 11.7. The number of halogens is 1. The van der Waals surface area contributed by atoms with Gasteiger partial charge in [-0.05, 0) is 48.2 Å². The lowest BCUT2D eigenvalue weighted by Crippen LogP contribution is -2.15. The van der Waals surface area contributed by atoms with Crippen molar-refractivity contribution in [1.29, 1.82) is 0 Å². The number of nitrogens with two attached hydrogens (primary N) is 1. The van der Waals surface area contributed by atoms with Gasteiger partial charge in [0.1, 0.15) is 0 Å². The Morgan fingerprint density at radius 2 is 1.91 bits per heavy atom. The number of nitrogen functional groups attached to an aromatic ring is 1. The normalized spacial score (nSPS) is 12.8. The Morgan fingerprint density at radius 3 is 2.62 bits per heavy atom. The SMILES string of the molecule is Cn1cc(-c2nc(N)nc3c2-c2cc(NS(=O)(=O)c4ccccc4)c(Cl)cc2CC3)cn1. The van der Waals surface area contributed by atoms with E-state index in [-0.39, 0.29) is 16.5 Å². The highest BCUT2D eigenvalue weighted by Crippen LogP contribution is 2.42. The highest BCUT2D eigenvalue weighted by molar-refractivity contribution is 7.92. The van der Waals surface area contributed by atoms with Crippen molar-refractivity contribution in [3.8, 4) is 22.4 Å². The molecule has 0 radical (unpaired) electrons. The molecule has 2 aromatic heterocycles. The molecule has 1 aliphatic carbocycles. The summed E-state index contributed by atoms with van der Waals surface area (Å²) in [6, 6.07) is 11.7. The predicted octanol–water partition coefficient (Wildman–Crippen LogP) is 3.68. The molecule has 0 atom stereocenters. The molecule has 4 aromatic rings. The average Bonchev–Trinajstić information content (AvgIpc) is 3.20. The Balaban J connectivity index is 1.66. The number of rotatable bonds is 4. The minimum atomic E-state index is -3.80. The minimum absolute atomic E-state index is 0.154. The van der Waals surface area contributed by atoms with E-state index in [1.807, 2.05) is 13.2 Å². The number of benzene rings is 2. The van der Waals surface area contributed by atoms with Crippen molar-refractivity contribution < 1.29 is 8.42 Å². The number of aromatic nitrogens is 4. The van der Waals surface area contributed by atoms with Crippen LogP contribution in [0.4, 0.5) is 11.6 Å². The topological polar surface area (TPSA) is 116 Å². The molecule has 0 spiro atoms. The van der Waals surface area contributed by atoms with Gasteiger partial charge in [-0.1, -0.05) is 29.8 Å². The molecule has 10 heteroatoms. The van der Waals surface area contributed by atoms with Crippen molar-refractivity contribution in [3.05, 3.63) is 71.1 Å². The first-order valence-electron chi connectivity index (χ1n) is 9.88. The van der Waals surface area contributed by atoms with E-state index in [4.69, 9.17) is 17.3 Å². The van der Waals surface area contributed by atoms with Crippen LogP contribution in [-0.2, 0) is 29.9 Å². The third-order valence-corrected chi connectivity index (χ3v) is 7.06. The molecule has 0 saturated heterocycles. The molecule has 0 bridgehead atoms. The van der Waals surface area contributed by atoms with Gasteiger partial charge in [0.25, 0.3) is 10.0 Å². The van der Waals surface area contributed by atoms with Crippen LogP contribution in [0, 0.1) is 0 Å². The lowest BCUT2D eigenvalue weighted by atomic mass is 9.86. The van der Waals surface area contributed by atoms with Crippen molar-refractivity contribution in [3.63, 3.8) is 0 Å². The summed E-state index contributed by atoms with van der Waals surface area (Å²) in [4.78, 5) is 9.09. The fraction of sp³-hybridized carbons (Fsp3) is 0.136. The lowest BCUT2D eigenvalue weighted by Gasteiger charge is -2.23. The lowest BCUT2D eigenvalue weighted by molar-refractivity contribution is 0.601. The Morgan fingerprint density at radius 1 is 1.12 bits per heavy atom. The molecule has 162 valence electrons. The summed E-state index contributed by atoms with van der Waals surface area (Å²) in [6.45, 7) is 0. The molecule has 2 heterocycles. The first-order chi connectivity index (χ1) is 15.3. The van der Waals surface area contributed by atoms with Gasteiger partial charge in [0, 0.05) is 24.4 Å². The first kappa shape index (κ1) is 20.5. The van der Waals surface area contributed by atoms with Crippen LogP contribution in [0.15, 0.2) is 59.8 Å². The molecule has 5 rings (SSSR count). The second-order valence-electron chi connectivity index (χ2n) is 7.56. The van der Waals surface area contributed by atoms with Gasteiger partial charge in [-0.25, -0.2) is 18.4 Å². The van der Waals surface area contributed by atoms with Crippen LogP contribution in [-0.4, -0.2) is 28.2 Å². The second-order valence-corrected chi connectivity index (χ2v) is 9.65. The molecule has 32 heavy (non-hydrogen) atoms. The van der Waals surface area contributed by atoms with Gasteiger partial charge in [-0.2, -0.15) is 5.10 Å². The molecule has 0 fully saturated rings. The highest BCUT2D eigenvalue weighted by atomic mass is 35.5. The van der Waals surface area contributed by atoms with Gasteiger partial charge in [-0.3, -0.25) is 9.40 Å². The summed E-state index contributed by atoms with van der Waals surface area (Å²) in [7, 11) is -1.98. The Kier molecular flexibility index (Phi) is 4.87. The van der Waals surface area contributed by atoms with Crippen LogP contribution in [0.2, 0.25) is 5.02 Å². The monoisotopic (exact) mass is 466 g/mol. The van der Waals surface area contributed by atoms with Crippen LogP contribution in [0.1, 0.15) is 11.3 Å². The Labute approximate surface area is 190 Å². The van der Waals surface area contributed by atoms with E-state index >= 15 is 0 Å². The summed E-state index contributed by atoms with van der Waals surface area (Å²) in [6.07, 6.45) is 4.95. The van der Waals surface area contributed by atoms with E-state index in [0.717, 1.165) is 27.9 Å². The maximum absolute atomic E-state index is 12.9. The maximum Gasteiger partial charge on any atom is 0.261 e. The molecule has 2 aromatic carbocycles. The van der Waals surface area contributed by atoms with E-state index in [0.29, 0.717) is 23.6 Å². The zero-order valence-corrected chi connectivity index (χ0v) is 18.7. The van der Waals surface area contributed by atoms with Gasteiger partial charge in [0.2, 0.25) is 5.95 Å². The second kappa shape index (κ2) is 7.61. The minimum Gasteiger partial charge on any atom is -0.368 e. The predicted molar refractivity (Wildman–Crippen MR) is 124 cm³/mol. The number of anilines is 2. The molecule has 3 N–H and O–H groups in total. The standard InChI is InChI=1S/C22H19ClN6O2S/c1-29-12-14(11-25-29)21-20-16-10-19(28-32(30,31)15-5-3-2-4-6-15)17(23)9-13(16)7-8-18(20)26-22(24)27-21/h2-6,9-12,28H,7-8H2,1H3,(H2,24,26,27). The van der Waals surface area contributed by atoms with E-state index in [9.17, 15) is 8.42 Å². The van der Waals surface area contributed by atoms with Crippen LogP contribution in [0.25, 0.3) is 22.4 Å². The molecule has 8 nitrogen and oxygen atoms in total. The number of sulfonamides is 1. The number of nitrogens with one attached hydrogen (secondary N) is 1. The third kappa shape index (κ3) is 3.59. The number of fused-ring (bicyclic) bond motifs is 3. The largest absolute Gasteiger partial charge is 0.368 e. The van der Waals surface area contributed by atoms with Crippen molar-refractivity contribution in [2.24, 2.45) is 7.05 Å². The molecule has 0 saturated carbocycles. The van der Waals surface area contributed by atoms with Gasteiger partial charge < -0.3 is 5.73 Å². The van der Waals surface area contributed by atoms with Crippen LogP contribution in [0.3, 0.4) is 0 Å². The van der Waals surface area contributed by atoms with Crippen LogP contribution in [0.5, 0.6) is 0 Å². The number of aryl methyl sites for hydroxylation is 3. The van der Waals surface area contributed by atoms with Crippen molar-refractivity contribution in [1.82, 2.24) is 19.7 Å². The maximum atomic E-state index is 12.9. The molecular formula is C22H19ClN6O2S. The average molecular weight is 467 g/mol. The van der Waals surface area contributed by atoms with E-state index in [1.165, 1.54) is 12.1 Å². The third-order valence-electron chi connectivity index (χ3n) is 5.37. The van der Waals surface area contributed by atoms with Gasteiger partial charge in [0.15, 0.2) is 0 Å². The molecule has 0 unspecified atom stereocenters. The zero-order valence-electron chi connectivity index (χ0n) is 17.1. The smallest absolute Gasteiger partial charge is 0.261 e. The van der Waals surface area contributed by atoms with Gasteiger partial charge in [-0.15, -0.1) is 0 Å². The van der Waals surface area contributed by atoms with Crippen molar-refractivity contribution in [2.75, 3.05) is 10.5 Å². The molecule has 1 aliphatic rings. The zero-order chi connectivity index (χ0) is 22.5. The highest BCUT2D eigenvalue weighted by Gasteiger charge is 2.26. The summed E-state index contributed by atoms with van der Waals surface area (Å²) in [5.41, 5.74) is 11.2. The van der Waals surface area contributed by atoms with Crippen molar-refractivity contribution >= 4 is 33.3 Å². The van der Waals surface area contributed by atoms with Gasteiger partial charge >= 0.3 is 0 Å². The van der Waals surface area contributed by atoms with E-state index < -0.39 is 10.0 Å². The van der Waals surface area contributed by atoms with Crippen LogP contribution < -0.4 is 10.5 Å². The van der Waals surface area contributed by atoms with Crippen molar-refractivity contribution in [2.45, 2.75) is 17.7 Å². The fourth-order valence-electron chi connectivity index (χ4n) is 3.93. The van der Waals surface area contributed by atoms with Gasteiger partial charge in [0.05, 0.1) is 33.2 Å². The van der Waals surface area contributed by atoms with E-state index in [1.54, 1.807) is 41.2 Å². The van der Waals surface area contributed by atoms with Crippen LogP contribution >= 0.6 is 11.6 Å². The molecular weight excluding hydrogens is 448 g/mol. The van der Waals surface area contributed by atoms with E-state index in [2.05, 4.69) is 19.8 Å². The summed E-state index contributed by atoms with van der Waals surface area (Å²) >= 11 is 6.48. The summed E-state index contributed by atoms with van der Waals surface area (Å²) in [5, 5.41) is 4.57. The molecule has 0 amide bonds.